The second kappa shape index (κ2) is 3.44. The van der Waals surface area contributed by atoms with Crippen molar-refractivity contribution in [3.8, 4) is 0 Å². The molecule has 9 heavy (non-hydrogen) atoms. The van der Waals surface area contributed by atoms with Crippen molar-refractivity contribution in [1.29, 1.82) is 0 Å². The Bertz CT molecular complexity index is 77.1. The summed E-state index contributed by atoms with van der Waals surface area (Å²) < 4.78 is 0. The molecule has 0 aromatic carbocycles. The van der Waals surface area contributed by atoms with Gasteiger partial charge in [-0.3, -0.25) is 0 Å². The smallest absolute Gasteiger partial charge is 0.0807 e. The van der Waals surface area contributed by atoms with Crippen LogP contribution in [0.4, 0.5) is 0 Å². The Morgan fingerprint density at radius 1 is 1.00 bits per heavy atom. The van der Waals surface area contributed by atoms with Gasteiger partial charge in [0.15, 0.2) is 0 Å². The van der Waals surface area contributed by atoms with Gasteiger partial charge in [0, 0.05) is 0 Å². The van der Waals surface area contributed by atoms with Crippen molar-refractivity contribution in [3.05, 3.63) is 0 Å². The second-order valence-corrected chi connectivity index (χ2v) is 3.55. The Labute approximate surface area is 59.3 Å². The standard InChI is InChI=1S/C6H12O2S/c7-5-1-3-9-4-2-6(5)8/h5-8H,1-4H2. The van der Waals surface area contributed by atoms with Crippen molar-refractivity contribution in [1.82, 2.24) is 0 Å². The van der Waals surface area contributed by atoms with Crippen LogP contribution in [-0.4, -0.2) is 33.9 Å². The van der Waals surface area contributed by atoms with Gasteiger partial charge in [-0.15, -0.1) is 0 Å². The molecule has 54 valence electrons. The molecule has 0 saturated carbocycles. The van der Waals surface area contributed by atoms with E-state index in [1.54, 1.807) is 11.8 Å². The first-order chi connectivity index (χ1) is 4.30. The topological polar surface area (TPSA) is 40.5 Å². The zero-order chi connectivity index (χ0) is 6.69. The molecule has 2 unspecified atom stereocenters. The van der Waals surface area contributed by atoms with E-state index < -0.39 is 12.2 Å². The molecule has 1 fully saturated rings. The fourth-order valence-corrected chi connectivity index (χ4v) is 1.92. The Morgan fingerprint density at radius 2 is 1.44 bits per heavy atom. The maximum atomic E-state index is 9.09. The molecule has 2 nitrogen and oxygen atoms in total. The van der Waals surface area contributed by atoms with E-state index in [0.717, 1.165) is 24.3 Å². The molecular weight excluding hydrogens is 136 g/mol. The minimum Gasteiger partial charge on any atom is -0.390 e. The molecule has 1 saturated heterocycles. The Balaban J connectivity index is 2.32. The molecule has 0 radical (unpaired) electrons. The summed E-state index contributed by atoms with van der Waals surface area (Å²) in [6, 6.07) is 0. The molecule has 1 heterocycles. The van der Waals surface area contributed by atoms with Crippen LogP contribution in [0, 0.1) is 0 Å². The molecule has 0 aliphatic carbocycles. The average molecular weight is 148 g/mol. The fraction of sp³-hybridized carbons (Fsp3) is 1.00. The molecule has 0 aromatic heterocycles. The maximum Gasteiger partial charge on any atom is 0.0807 e. The molecule has 0 bridgehead atoms. The molecule has 1 rings (SSSR count). The lowest BCUT2D eigenvalue weighted by molar-refractivity contribution is 0.0187. The van der Waals surface area contributed by atoms with Gasteiger partial charge in [-0.25, -0.2) is 0 Å². The highest BCUT2D eigenvalue weighted by Crippen LogP contribution is 2.16. The minimum absolute atomic E-state index is 0.472. The number of aliphatic hydroxyl groups is 2. The largest absolute Gasteiger partial charge is 0.390 e. The van der Waals surface area contributed by atoms with Gasteiger partial charge >= 0.3 is 0 Å². The lowest BCUT2D eigenvalue weighted by Crippen LogP contribution is -2.24. The van der Waals surface area contributed by atoms with Gasteiger partial charge in [0.2, 0.25) is 0 Å². The lowest BCUT2D eigenvalue weighted by atomic mass is 10.1. The summed E-state index contributed by atoms with van der Waals surface area (Å²) in [4.78, 5) is 0. The average Bonchev–Trinajstić information content (AvgIpc) is 1.99. The van der Waals surface area contributed by atoms with E-state index in [-0.39, 0.29) is 0 Å². The summed E-state index contributed by atoms with van der Waals surface area (Å²) in [7, 11) is 0. The lowest BCUT2D eigenvalue weighted by Gasteiger charge is -2.11. The van der Waals surface area contributed by atoms with Crippen LogP contribution in [0.1, 0.15) is 12.8 Å². The van der Waals surface area contributed by atoms with E-state index >= 15 is 0 Å². The van der Waals surface area contributed by atoms with E-state index in [2.05, 4.69) is 0 Å². The monoisotopic (exact) mass is 148 g/mol. The second-order valence-electron chi connectivity index (χ2n) is 2.32. The molecule has 2 N–H and O–H groups in total. The molecule has 3 heteroatoms. The van der Waals surface area contributed by atoms with E-state index in [4.69, 9.17) is 10.2 Å². The maximum absolute atomic E-state index is 9.09. The van der Waals surface area contributed by atoms with Crippen molar-refractivity contribution in [2.75, 3.05) is 11.5 Å². The molecule has 0 spiro atoms. The van der Waals surface area contributed by atoms with E-state index in [9.17, 15) is 0 Å². The summed E-state index contributed by atoms with van der Waals surface area (Å²) >= 11 is 1.80. The highest BCUT2D eigenvalue weighted by atomic mass is 32.2. The van der Waals surface area contributed by atoms with Gasteiger partial charge < -0.3 is 10.2 Å². The predicted molar refractivity (Wildman–Crippen MR) is 38.6 cm³/mol. The van der Waals surface area contributed by atoms with Crippen LogP contribution in [0.3, 0.4) is 0 Å². The Morgan fingerprint density at radius 3 is 1.89 bits per heavy atom. The van der Waals surface area contributed by atoms with Gasteiger partial charge in [0.25, 0.3) is 0 Å². The van der Waals surface area contributed by atoms with Gasteiger partial charge in [0.1, 0.15) is 0 Å². The first-order valence-electron chi connectivity index (χ1n) is 3.24. The van der Waals surface area contributed by atoms with Crippen LogP contribution in [0.25, 0.3) is 0 Å². The summed E-state index contributed by atoms with van der Waals surface area (Å²) in [6.45, 7) is 0. The zero-order valence-corrected chi connectivity index (χ0v) is 6.10. The van der Waals surface area contributed by atoms with Crippen molar-refractivity contribution in [2.45, 2.75) is 25.0 Å². The van der Waals surface area contributed by atoms with Crippen LogP contribution < -0.4 is 0 Å². The SMILES string of the molecule is OC1CCSCCC1O. The predicted octanol–water partition coefficient (Wildman–Crippen LogP) is 0.235. The van der Waals surface area contributed by atoms with Crippen LogP contribution >= 0.6 is 11.8 Å². The van der Waals surface area contributed by atoms with Crippen molar-refractivity contribution in [3.63, 3.8) is 0 Å². The molecule has 0 aromatic rings. The number of thioether (sulfide) groups is 1. The summed E-state index contributed by atoms with van der Waals surface area (Å²) in [6.07, 6.45) is 0.539. The molecule has 2 atom stereocenters. The molecular formula is C6H12O2S. The van der Waals surface area contributed by atoms with Crippen molar-refractivity contribution >= 4 is 11.8 Å². The highest BCUT2D eigenvalue weighted by molar-refractivity contribution is 7.99. The van der Waals surface area contributed by atoms with E-state index in [1.165, 1.54) is 0 Å². The first-order valence-corrected chi connectivity index (χ1v) is 4.40. The van der Waals surface area contributed by atoms with Gasteiger partial charge in [-0.05, 0) is 24.3 Å². The quantitative estimate of drug-likeness (QED) is 0.517. The third kappa shape index (κ3) is 2.16. The highest BCUT2D eigenvalue weighted by Gasteiger charge is 2.18. The summed E-state index contributed by atoms with van der Waals surface area (Å²) in [5.74, 6) is 1.97. The van der Waals surface area contributed by atoms with Crippen molar-refractivity contribution in [2.24, 2.45) is 0 Å². The van der Waals surface area contributed by atoms with E-state index in [0.29, 0.717) is 0 Å². The summed E-state index contributed by atoms with van der Waals surface area (Å²) in [5.41, 5.74) is 0. The fourth-order valence-electron chi connectivity index (χ4n) is 0.895. The number of hydrogen-bond donors (Lipinski definition) is 2. The van der Waals surface area contributed by atoms with Crippen LogP contribution in [0.5, 0.6) is 0 Å². The first kappa shape index (κ1) is 7.38. The van der Waals surface area contributed by atoms with E-state index in [1.807, 2.05) is 0 Å². The van der Waals surface area contributed by atoms with Gasteiger partial charge in [-0.2, -0.15) is 11.8 Å². The summed E-state index contributed by atoms with van der Waals surface area (Å²) in [5, 5.41) is 18.2. The number of rotatable bonds is 0. The van der Waals surface area contributed by atoms with Gasteiger partial charge in [-0.1, -0.05) is 0 Å². The zero-order valence-electron chi connectivity index (χ0n) is 5.29. The molecule has 0 amide bonds. The van der Waals surface area contributed by atoms with Gasteiger partial charge in [0.05, 0.1) is 12.2 Å². The number of hydrogen-bond acceptors (Lipinski definition) is 3. The molecule has 1 aliphatic heterocycles. The minimum atomic E-state index is -0.472. The normalized spacial score (nSPS) is 38.0. The molecule has 1 aliphatic rings. The third-order valence-electron chi connectivity index (χ3n) is 1.56. The van der Waals surface area contributed by atoms with Crippen molar-refractivity contribution < 1.29 is 10.2 Å². The van der Waals surface area contributed by atoms with Crippen LogP contribution in [-0.2, 0) is 0 Å². The number of aliphatic hydroxyl groups excluding tert-OH is 2. The Hall–Kier alpha value is 0.270. The van der Waals surface area contributed by atoms with Crippen LogP contribution in [0.15, 0.2) is 0 Å². The third-order valence-corrected chi connectivity index (χ3v) is 2.61. The van der Waals surface area contributed by atoms with Crippen LogP contribution in [0.2, 0.25) is 0 Å². The Kier molecular flexibility index (Phi) is 2.82.